The van der Waals surface area contributed by atoms with Crippen molar-refractivity contribution < 1.29 is 9.90 Å². The minimum Gasteiger partial charge on any atom is -0.394 e. The van der Waals surface area contributed by atoms with E-state index in [4.69, 9.17) is 0 Å². The Morgan fingerprint density at radius 2 is 1.95 bits per heavy atom. The average Bonchev–Trinajstić information content (AvgIpc) is 3.19. The third kappa shape index (κ3) is 2.97. The maximum absolute atomic E-state index is 12.4. The van der Waals surface area contributed by atoms with Crippen molar-refractivity contribution in [3.05, 3.63) is 24.3 Å². The van der Waals surface area contributed by atoms with E-state index in [2.05, 4.69) is 16.3 Å². The molecule has 2 fully saturated rings. The number of likely N-dealkylation sites (tertiary alicyclic amines) is 1. The van der Waals surface area contributed by atoms with Crippen LogP contribution < -0.4 is 10.2 Å². The molecule has 0 aliphatic carbocycles. The first-order valence-corrected chi connectivity index (χ1v) is 7.82. The number of carbonyl (C=O) groups is 1. The minimum absolute atomic E-state index is 0.0380. The molecular formula is C16H23N3O2. The fourth-order valence-corrected chi connectivity index (χ4v) is 3.29. The third-order valence-corrected chi connectivity index (χ3v) is 4.44. The Labute approximate surface area is 125 Å². The van der Waals surface area contributed by atoms with E-state index >= 15 is 0 Å². The first kappa shape index (κ1) is 14.2. The molecule has 3 rings (SSSR count). The predicted molar refractivity (Wildman–Crippen MR) is 83.7 cm³/mol. The summed E-state index contributed by atoms with van der Waals surface area (Å²) in [6.45, 7) is 2.87. The largest absolute Gasteiger partial charge is 0.394 e. The molecule has 2 amide bonds. The van der Waals surface area contributed by atoms with Gasteiger partial charge in [0.15, 0.2) is 0 Å². The van der Waals surface area contributed by atoms with E-state index in [1.54, 1.807) is 4.90 Å². The van der Waals surface area contributed by atoms with E-state index in [0.717, 1.165) is 43.9 Å². The maximum atomic E-state index is 12.4. The number of amides is 2. The second-order valence-electron chi connectivity index (χ2n) is 5.81. The Hall–Kier alpha value is -1.75. The lowest BCUT2D eigenvalue weighted by Gasteiger charge is -2.26. The van der Waals surface area contributed by atoms with Gasteiger partial charge in [-0.2, -0.15) is 0 Å². The molecule has 2 aliphatic rings. The lowest BCUT2D eigenvalue weighted by molar-refractivity contribution is 0.166. The fourth-order valence-electron chi connectivity index (χ4n) is 3.29. The Kier molecular flexibility index (Phi) is 4.29. The number of para-hydroxylation sites is 2. The van der Waals surface area contributed by atoms with Crippen LogP contribution in [0.15, 0.2) is 24.3 Å². The molecule has 5 nitrogen and oxygen atoms in total. The van der Waals surface area contributed by atoms with Crippen LogP contribution in [0.4, 0.5) is 16.2 Å². The molecule has 0 radical (unpaired) electrons. The maximum Gasteiger partial charge on any atom is 0.322 e. The number of nitrogens with zero attached hydrogens (tertiary/aromatic N) is 2. The van der Waals surface area contributed by atoms with Crippen LogP contribution in [0, 0.1) is 0 Å². The van der Waals surface area contributed by atoms with Gasteiger partial charge in [0.05, 0.1) is 24.0 Å². The number of carbonyl (C=O) groups excluding carboxylic acids is 1. The lowest BCUT2D eigenvalue weighted by Crippen LogP contribution is -2.40. The number of hydrogen-bond acceptors (Lipinski definition) is 3. The van der Waals surface area contributed by atoms with Gasteiger partial charge < -0.3 is 20.2 Å². The van der Waals surface area contributed by atoms with Gasteiger partial charge in [0.25, 0.3) is 0 Å². The zero-order valence-electron chi connectivity index (χ0n) is 12.3. The van der Waals surface area contributed by atoms with Crippen molar-refractivity contribution in [2.45, 2.75) is 31.7 Å². The van der Waals surface area contributed by atoms with Gasteiger partial charge in [0.1, 0.15) is 0 Å². The van der Waals surface area contributed by atoms with Crippen molar-refractivity contribution in [2.24, 2.45) is 0 Å². The third-order valence-electron chi connectivity index (χ3n) is 4.44. The van der Waals surface area contributed by atoms with Crippen molar-refractivity contribution in [3.63, 3.8) is 0 Å². The topological polar surface area (TPSA) is 55.8 Å². The molecule has 1 aromatic carbocycles. The van der Waals surface area contributed by atoms with Crippen molar-refractivity contribution in [2.75, 3.05) is 36.5 Å². The molecule has 114 valence electrons. The summed E-state index contributed by atoms with van der Waals surface area (Å²) in [6.07, 6.45) is 4.27. The standard InChI is InChI=1S/C16H23N3O2/c20-12-13-6-5-11-19(13)16(21)17-14-7-1-2-8-15(14)18-9-3-4-10-18/h1-2,7-8,13,20H,3-6,9-12H2,(H,17,21)/t13-/m1/s1. The van der Waals surface area contributed by atoms with Crippen LogP contribution in [-0.2, 0) is 0 Å². The molecule has 0 bridgehead atoms. The molecule has 5 heteroatoms. The molecule has 1 atom stereocenters. The Bertz CT molecular complexity index is 500. The highest BCUT2D eigenvalue weighted by Crippen LogP contribution is 2.29. The van der Waals surface area contributed by atoms with Gasteiger partial charge in [-0.05, 0) is 37.8 Å². The number of anilines is 2. The SMILES string of the molecule is O=C(Nc1ccccc1N1CCCC1)N1CCC[C@@H]1CO. The van der Waals surface area contributed by atoms with Gasteiger partial charge in [0.2, 0.25) is 0 Å². The van der Waals surface area contributed by atoms with Gasteiger partial charge in [0, 0.05) is 19.6 Å². The van der Waals surface area contributed by atoms with E-state index < -0.39 is 0 Å². The number of hydrogen-bond donors (Lipinski definition) is 2. The first-order chi connectivity index (χ1) is 10.3. The molecule has 0 saturated carbocycles. The zero-order chi connectivity index (χ0) is 14.7. The molecule has 2 aliphatic heterocycles. The summed E-state index contributed by atoms with van der Waals surface area (Å²) in [5.74, 6) is 0. The quantitative estimate of drug-likeness (QED) is 0.897. The monoisotopic (exact) mass is 289 g/mol. The van der Waals surface area contributed by atoms with Crippen LogP contribution in [0.5, 0.6) is 0 Å². The Morgan fingerprint density at radius 1 is 1.19 bits per heavy atom. The molecule has 2 heterocycles. The van der Waals surface area contributed by atoms with Crippen LogP contribution in [0.2, 0.25) is 0 Å². The van der Waals surface area contributed by atoms with Gasteiger partial charge in [-0.1, -0.05) is 12.1 Å². The van der Waals surface area contributed by atoms with E-state index in [0.29, 0.717) is 0 Å². The number of nitrogens with one attached hydrogen (secondary N) is 1. The summed E-state index contributed by atoms with van der Waals surface area (Å²) in [4.78, 5) is 16.5. The highest BCUT2D eigenvalue weighted by molar-refractivity contribution is 5.93. The van der Waals surface area contributed by atoms with Crippen molar-refractivity contribution in [3.8, 4) is 0 Å². The summed E-state index contributed by atoms with van der Waals surface area (Å²) in [5.41, 5.74) is 1.97. The number of urea groups is 1. The summed E-state index contributed by atoms with van der Waals surface area (Å²) in [6, 6.07) is 7.84. The van der Waals surface area contributed by atoms with E-state index in [9.17, 15) is 9.90 Å². The molecule has 2 N–H and O–H groups in total. The molecule has 1 aromatic rings. The van der Waals surface area contributed by atoms with Crippen molar-refractivity contribution in [1.82, 2.24) is 4.90 Å². The zero-order valence-corrected chi connectivity index (χ0v) is 12.3. The molecule has 2 saturated heterocycles. The fraction of sp³-hybridized carbons (Fsp3) is 0.562. The van der Waals surface area contributed by atoms with Crippen LogP contribution in [-0.4, -0.2) is 48.3 Å². The van der Waals surface area contributed by atoms with Crippen molar-refractivity contribution in [1.29, 1.82) is 0 Å². The van der Waals surface area contributed by atoms with Crippen LogP contribution >= 0.6 is 0 Å². The highest BCUT2D eigenvalue weighted by atomic mass is 16.3. The number of benzene rings is 1. The lowest BCUT2D eigenvalue weighted by atomic mass is 10.2. The second kappa shape index (κ2) is 6.35. The van der Waals surface area contributed by atoms with E-state index in [-0.39, 0.29) is 18.7 Å². The van der Waals surface area contributed by atoms with Crippen LogP contribution in [0.25, 0.3) is 0 Å². The average molecular weight is 289 g/mol. The Morgan fingerprint density at radius 3 is 2.71 bits per heavy atom. The second-order valence-corrected chi connectivity index (χ2v) is 5.81. The molecule has 0 aromatic heterocycles. The number of rotatable bonds is 3. The summed E-state index contributed by atoms with van der Waals surface area (Å²) < 4.78 is 0. The van der Waals surface area contributed by atoms with Crippen LogP contribution in [0.3, 0.4) is 0 Å². The van der Waals surface area contributed by atoms with E-state index in [1.807, 2.05) is 18.2 Å². The van der Waals surface area contributed by atoms with Crippen LogP contribution in [0.1, 0.15) is 25.7 Å². The van der Waals surface area contributed by atoms with Crippen molar-refractivity contribution >= 4 is 17.4 Å². The smallest absolute Gasteiger partial charge is 0.322 e. The number of aliphatic hydroxyl groups excluding tert-OH is 1. The van der Waals surface area contributed by atoms with Gasteiger partial charge >= 0.3 is 6.03 Å². The molecule has 0 unspecified atom stereocenters. The molecule has 0 spiro atoms. The number of aliphatic hydroxyl groups is 1. The predicted octanol–water partition coefficient (Wildman–Crippen LogP) is 2.28. The molecular weight excluding hydrogens is 266 g/mol. The van der Waals surface area contributed by atoms with Gasteiger partial charge in [-0.15, -0.1) is 0 Å². The highest BCUT2D eigenvalue weighted by Gasteiger charge is 2.28. The summed E-state index contributed by atoms with van der Waals surface area (Å²) in [7, 11) is 0. The first-order valence-electron chi connectivity index (χ1n) is 7.82. The summed E-state index contributed by atoms with van der Waals surface area (Å²) >= 11 is 0. The van der Waals surface area contributed by atoms with Gasteiger partial charge in [-0.3, -0.25) is 0 Å². The summed E-state index contributed by atoms with van der Waals surface area (Å²) in [5, 5.41) is 12.4. The van der Waals surface area contributed by atoms with Gasteiger partial charge in [-0.25, -0.2) is 4.79 Å². The Balaban J connectivity index is 1.73. The molecule has 21 heavy (non-hydrogen) atoms. The van der Waals surface area contributed by atoms with E-state index in [1.165, 1.54) is 12.8 Å². The minimum atomic E-state index is -0.0989. The normalized spacial score (nSPS) is 21.9.